The minimum atomic E-state index is -1.57. The zero-order chi connectivity index (χ0) is 13.3. The predicted molar refractivity (Wildman–Crippen MR) is 81.6 cm³/mol. The third-order valence-electron chi connectivity index (χ3n) is 1.77. The van der Waals surface area contributed by atoms with Gasteiger partial charge in [-0.1, -0.05) is 0 Å². The average molecular weight is 287 g/mol. The monoisotopic (exact) mass is 286 g/mol. The van der Waals surface area contributed by atoms with Gasteiger partial charge in [-0.05, 0) is 57.5 Å². The maximum atomic E-state index is 5.94. The molecule has 0 atom stereocenters. The van der Waals surface area contributed by atoms with Gasteiger partial charge in [0.1, 0.15) is 11.5 Å². The van der Waals surface area contributed by atoms with Crippen LogP contribution in [0.5, 0.6) is 11.5 Å². The van der Waals surface area contributed by atoms with Crippen molar-refractivity contribution in [3.8, 4) is 11.5 Å². The van der Waals surface area contributed by atoms with E-state index in [1.165, 1.54) is 0 Å². The van der Waals surface area contributed by atoms with Gasteiger partial charge in [-0.15, -0.1) is 12.6 Å². The van der Waals surface area contributed by atoms with Crippen molar-refractivity contribution in [3.63, 3.8) is 0 Å². The Balaban J connectivity index is 2.87. The molecule has 0 aliphatic carbocycles. The molecule has 0 saturated heterocycles. The van der Waals surface area contributed by atoms with E-state index in [0.29, 0.717) is 0 Å². The predicted octanol–water partition coefficient (Wildman–Crippen LogP) is 4.40. The molecule has 0 radical (unpaired) electrons. The average Bonchev–Trinajstić information content (AvgIpc) is 2.05. The summed E-state index contributed by atoms with van der Waals surface area (Å²) in [7, 11) is -3.13. The largest absolute Gasteiger partial charge is 0.544 e. The van der Waals surface area contributed by atoms with E-state index in [1.807, 2.05) is 18.2 Å². The molecule has 0 aliphatic rings. The molecule has 1 rings (SSSR count). The number of hydrogen-bond donors (Lipinski definition) is 1. The second-order valence-corrected chi connectivity index (χ2v) is 15.4. The third kappa shape index (κ3) is 5.65. The van der Waals surface area contributed by atoms with E-state index in [0.717, 1.165) is 16.4 Å². The van der Waals surface area contributed by atoms with Gasteiger partial charge >= 0.3 is 0 Å². The second kappa shape index (κ2) is 5.08. The number of rotatable bonds is 4. The first kappa shape index (κ1) is 14.7. The zero-order valence-electron chi connectivity index (χ0n) is 11.5. The zero-order valence-corrected chi connectivity index (χ0v) is 14.4. The van der Waals surface area contributed by atoms with Gasteiger partial charge in [0.15, 0.2) is 0 Å². The summed E-state index contributed by atoms with van der Waals surface area (Å²) in [4.78, 5) is 0.850. The van der Waals surface area contributed by atoms with Gasteiger partial charge in [-0.3, -0.25) is 0 Å². The highest BCUT2D eigenvalue weighted by atomic mass is 32.1. The molecule has 2 nitrogen and oxygen atoms in total. The molecule has 0 saturated carbocycles. The van der Waals surface area contributed by atoms with E-state index in [1.54, 1.807) is 0 Å². The Kier molecular flexibility index (Phi) is 4.38. The van der Waals surface area contributed by atoms with Crippen LogP contribution in [-0.2, 0) is 0 Å². The van der Waals surface area contributed by atoms with E-state index in [-0.39, 0.29) is 0 Å². The summed E-state index contributed by atoms with van der Waals surface area (Å²) in [5.41, 5.74) is 0. The third-order valence-corrected chi connectivity index (χ3v) is 3.80. The van der Waals surface area contributed by atoms with Crippen molar-refractivity contribution in [2.75, 3.05) is 0 Å². The van der Waals surface area contributed by atoms with Crippen molar-refractivity contribution in [2.45, 2.75) is 44.2 Å². The first-order valence-corrected chi connectivity index (χ1v) is 13.0. The Morgan fingerprint density at radius 2 is 1.41 bits per heavy atom. The Morgan fingerprint density at radius 1 is 0.882 bits per heavy atom. The molecule has 0 aromatic heterocycles. The lowest BCUT2D eigenvalue weighted by atomic mass is 10.3. The molecule has 5 heteroatoms. The van der Waals surface area contributed by atoms with Crippen LogP contribution in [0.2, 0.25) is 39.3 Å². The van der Waals surface area contributed by atoms with Gasteiger partial charge in [-0.2, -0.15) is 0 Å². The highest BCUT2D eigenvalue weighted by Gasteiger charge is 2.19. The summed E-state index contributed by atoms with van der Waals surface area (Å²) in [6.45, 7) is 13.0. The van der Waals surface area contributed by atoms with Crippen LogP contribution in [0.1, 0.15) is 0 Å². The van der Waals surface area contributed by atoms with E-state index >= 15 is 0 Å². The smallest absolute Gasteiger partial charge is 0.242 e. The van der Waals surface area contributed by atoms with Crippen LogP contribution in [0.4, 0.5) is 0 Å². The Bertz CT molecular complexity index is 394. The summed E-state index contributed by atoms with van der Waals surface area (Å²) in [5.74, 6) is 1.74. The van der Waals surface area contributed by atoms with Crippen LogP contribution in [0.25, 0.3) is 0 Å². The summed E-state index contributed by atoms with van der Waals surface area (Å²) < 4.78 is 11.8. The molecule has 1 aromatic carbocycles. The molecular formula is C12H22O2SSi2. The number of hydrogen-bond acceptors (Lipinski definition) is 3. The van der Waals surface area contributed by atoms with Gasteiger partial charge < -0.3 is 8.85 Å². The molecule has 17 heavy (non-hydrogen) atoms. The van der Waals surface area contributed by atoms with Crippen molar-refractivity contribution in [2.24, 2.45) is 0 Å². The summed E-state index contributed by atoms with van der Waals surface area (Å²) in [6.07, 6.45) is 0. The maximum absolute atomic E-state index is 5.94. The molecule has 0 fully saturated rings. The molecule has 0 bridgehead atoms. The van der Waals surface area contributed by atoms with Crippen LogP contribution in [0.15, 0.2) is 23.1 Å². The quantitative estimate of drug-likeness (QED) is 0.653. The van der Waals surface area contributed by atoms with E-state index in [4.69, 9.17) is 8.85 Å². The number of thiol groups is 1. The van der Waals surface area contributed by atoms with Crippen LogP contribution in [0.3, 0.4) is 0 Å². The fourth-order valence-corrected chi connectivity index (χ4v) is 3.34. The van der Waals surface area contributed by atoms with Crippen LogP contribution < -0.4 is 8.85 Å². The van der Waals surface area contributed by atoms with Gasteiger partial charge in [-0.25, -0.2) is 0 Å². The topological polar surface area (TPSA) is 18.5 Å². The van der Waals surface area contributed by atoms with Crippen LogP contribution in [-0.4, -0.2) is 16.6 Å². The minimum Gasteiger partial charge on any atom is -0.544 e. The summed E-state index contributed by atoms with van der Waals surface area (Å²) in [6, 6.07) is 5.86. The first-order valence-electron chi connectivity index (χ1n) is 5.78. The van der Waals surface area contributed by atoms with E-state index < -0.39 is 16.6 Å². The van der Waals surface area contributed by atoms with Crippen molar-refractivity contribution >= 4 is 29.3 Å². The van der Waals surface area contributed by atoms with Crippen LogP contribution in [0, 0.1) is 0 Å². The van der Waals surface area contributed by atoms with Crippen molar-refractivity contribution in [1.29, 1.82) is 0 Å². The molecule has 1 aromatic rings. The molecule has 0 N–H and O–H groups in total. The highest BCUT2D eigenvalue weighted by Crippen LogP contribution is 2.30. The van der Waals surface area contributed by atoms with Crippen molar-refractivity contribution < 1.29 is 8.85 Å². The fourth-order valence-electron chi connectivity index (χ4n) is 1.33. The van der Waals surface area contributed by atoms with Crippen LogP contribution >= 0.6 is 12.6 Å². The van der Waals surface area contributed by atoms with E-state index in [2.05, 4.69) is 51.9 Å². The molecule has 0 aliphatic heterocycles. The SMILES string of the molecule is C[Si](C)(C)Oc1ccc(O[Si](C)(C)C)c(S)c1. The Morgan fingerprint density at radius 3 is 1.82 bits per heavy atom. The lowest BCUT2D eigenvalue weighted by Crippen LogP contribution is -2.30. The standard InChI is InChI=1S/C12H22O2SSi2/c1-16(2,3)13-10-7-8-11(12(15)9-10)14-17(4,5)6/h7-9,15H,1-6H3. The van der Waals surface area contributed by atoms with Crippen molar-refractivity contribution in [3.05, 3.63) is 18.2 Å². The Hall–Kier alpha value is -0.396. The Labute approximate surface area is 112 Å². The molecule has 0 unspecified atom stereocenters. The molecule has 96 valence electrons. The molecular weight excluding hydrogens is 264 g/mol. The first-order chi connectivity index (χ1) is 7.57. The lowest BCUT2D eigenvalue weighted by Gasteiger charge is -2.23. The maximum Gasteiger partial charge on any atom is 0.242 e. The van der Waals surface area contributed by atoms with Crippen molar-refractivity contribution in [1.82, 2.24) is 0 Å². The van der Waals surface area contributed by atoms with E-state index in [9.17, 15) is 0 Å². The minimum absolute atomic E-state index is 0.850. The lowest BCUT2D eigenvalue weighted by molar-refractivity contribution is 0.530. The molecule has 0 spiro atoms. The fraction of sp³-hybridized carbons (Fsp3) is 0.500. The van der Waals surface area contributed by atoms with Gasteiger partial charge in [0, 0.05) is 4.90 Å². The van der Waals surface area contributed by atoms with Gasteiger partial charge in [0.05, 0.1) is 0 Å². The second-order valence-electron chi connectivity index (χ2n) is 6.06. The molecule has 0 amide bonds. The normalized spacial score (nSPS) is 12.4. The number of benzene rings is 1. The summed E-state index contributed by atoms with van der Waals surface area (Å²) in [5, 5.41) is 0. The van der Waals surface area contributed by atoms with Gasteiger partial charge in [0.2, 0.25) is 16.6 Å². The highest BCUT2D eigenvalue weighted by molar-refractivity contribution is 7.80. The molecule has 0 heterocycles. The summed E-state index contributed by atoms with van der Waals surface area (Å²) >= 11 is 4.46. The van der Waals surface area contributed by atoms with Gasteiger partial charge in [0.25, 0.3) is 0 Å².